The smallest absolute Gasteiger partial charge is 0.183 e. The quantitative estimate of drug-likeness (QED) is 0.698. The zero-order valence-electron chi connectivity index (χ0n) is 9.65. The van der Waals surface area contributed by atoms with Crippen LogP contribution in [0.5, 0.6) is 0 Å². The molecule has 0 aromatic carbocycles. The summed E-state index contributed by atoms with van der Waals surface area (Å²) in [5.41, 5.74) is 0. The molecule has 0 radical (unpaired) electrons. The van der Waals surface area contributed by atoms with Crippen molar-refractivity contribution in [2.24, 2.45) is 0 Å². The molecule has 2 heterocycles. The summed E-state index contributed by atoms with van der Waals surface area (Å²) in [6, 6.07) is 0.489. The monoisotopic (exact) mass is 215 g/mol. The molecule has 4 heteroatoms. The first-order chi connectivity index (χ1) is 7.35. The van der Waals surface area contributed by atoms with Crippen molar-refractivity contribution in [3.8, 4) is 0 Å². The van der Waals surface area contributed by atoms with Gasteiger partial charge in [0.2, 0.25) is 0 Å². The molecule has 0 spiro atoms. The Morgan fingerprint density at radius 2 is 1.80 bits per heavy atom. The molecule has 0 unspecified atom stereocenters. The van der Waals surface area contributed by atoms with E-state index in [1.807, 2.05) is 0 Å². The Kier molecular flexibility index (Phi) is 3.97. The van der Waals surface area contributed by atoms with Gasteiger partial charge < -0.3 is 14.2 Å². The van der Waals surface area contributed by atoms with Crippen molar-refractivity contribution in [1.29, 1.82) is 0 Å². The molecular formula is C11H21NO3. The summed E-state index contributed by atoms with van der Waals surface area (Å²) in [7, 11) is 0. The maximum atomic E-state index is 5.69. The van der Waals surface area contributed by atoms with Gasteiger partial charge in [0.15, 0.2) is 6.29 Å². The van der Waals surface area contributed by atoms with Crippen molar-refractivity contribution in [2.45, 2.75) is 38.7 Å². The number of rotatable bonds is 3. The first-order valence-corrected chi connectivity index (χ1v) is 5.94. The standard InChI is InChI=1S/C11H21NO3/c1-3-12(4-2)9-7-10-11(15-8-9)14-6-5-13-10/h9-11H,3-8H2,1-2H3/t9-,10-,11+/m0/s1. The minimum atomic E-state index is -0.120. The summed E-state index contributed by atoms with van der Waals surface area (Å²) in [5.74, 6) is 0. The fourth-order valence-corrected chi connectivity index (χ4v) is 2.42. The van der Waals surface area contributed by atoms with Gasteiger partial charge in [-0.25, -0.2) is 0 Å². The second-order valence-corrected chi connectivity index (χ2v) is 4.09. The number of ether oxygens (including phenoxy) is 3. The lowest BCUT2D eigenvalue weighted by atomic mass is 10.0. The molecule has 2 fully saturated rings. The molecule has 0 aliphatic carbocycles. The van der Waals surface area contributed by atoms with E-state index in [0.717, 1.165) is 26.1 Å². The van der Waals surface area contributed by atoms with Gasteiger partial charge in [-0.05, 0) is 19.5 Å². The highest BCUT2D eigenvalue weighted by atomic mass is 16.7. The fourth-order valence-electron chi connectivity index (χ4n) is 2.42. The lowest BCUT2D eigenvalue weighted by Gasteiger charge is -2.42. The number of likely N-dealkylation sites (N-methyl/N-ethyl adjacent to an activating group) is 1. The van der Waals surface area contributed by atoms with E-state index in [1.165, 1.54) is 0 Å². The van der Waals surface area contributed by atoms with Crippen LogP contribution in [-0.2, 0) is 14.2 Å². The molecule has 3 atom stereocenters. The van der Waals surface area contributed by atoms with E-state index in [-0.39, 0.29) is 12.4 Å². The van der Waals surface area contributed by atoms with E-state index in [4.69, 9.17) is 14.2 Å². The van der Waals surface area contributed by atoms with Gasteiger partial charge in [0.25, 0.3) is 0 Å². The number of hydrogen-bond donors (Lipinski definition) is 0. The third-order valence-electron chi connectivity index (χ3n) is 3.29. The maximum absolute atomic E-state index is 5.69. The summed E-state index contributed by atoms with van der Waals surface area (Å²) in [6.45, 7) is 8.66. The molecule has 0 aromatic rings. The molecular weight excluding hydrogens is 194 g/mol. The van der Waals surface area contributed by atoms with Crippen LogP contribution in [0.3, 0.4) is 0 Å². The number of hydrogen-bond acceptors (Lipinski definition) is 4. The van der Waals surface area contributed by atoms with Crippen molar-refractivity contribution in [3.63, 3.8) is 0 Å². The minimum Gasteiger partial charge on any atom is -0.370 e. The molecule has 0 N–H and O–H groups in total. The Bertz CT molecular complexity index is 196. The van der Waals surface area contributed by atoms with Gasteiger partial charge in [-0.15, -0.1) is 0 Å². The highest BCUT2D eigenvalue weighted by Gasteiger charge is 2.36. The highest BCUT2D eigenvalue weighted by molar-refractivity contribution is 4.82. The average molecular weight is 215 g/mol. The predicted octanol–water partition coefficient (Wildman–Crippen LogP) is 0.859. The van der Waals surface area contributed by atoms with Crippen molar-refractivity contribution in [1.82, 2.24) is 4.90 Å². The van der Waals surface area contributed by atoms with Crippen molar-refractivity contribution in [2.75, 3.05) is 32.9 Å². The van der Waals surface area contributed by atoms with Gasteiger partial charge in [0.1, 0.15) is 6.10 Å². The van der Waals surface area contributed by atoms with Crippen LogP contribution >= 0.6 is 0 Å². The molecule has 0 saturated carbocycles. The van der Waals surface area contributed by atoms with Gasteiger partial charge in [-0.2, -0.15) is 0 Å². The SMILES string of the molecule is CCN(CC)[C@@H]1CO[C@H]2OCCO[C@H]2C1. The topological polar surface area (TPSA) is 30.9 Å². The largest absolute Gasteiger partial charge is 0.370 e. The highest BCUT2D eigenvalue weighted by Crippen LogP contribution is 2.24. The van der Waals surface area contributed by atoms with Crippen molar-refractivity contribution >= 4 is 0 Å². The van der Waals surface area contributed by atoms with Crippen molar-refractivity contribution < 1.29 is 14.2 Å². The summed E-state index contributed by atoms with van der Waals surface area (Å²) in [5, 5.41) is 0. The Balaban J connectivity index is 1.90. The molecule has 0 amide bonds. The van der Waals surface area contributed by atoms with Crippen LogP contribution in [0.1, 0.15) is 20.3 Å². The molecule has 2 rings (SSSR count). The van der Waals surface area contributed by atoms with E-state index in [2.05, 4.69) is 18.7 Å². The zero-order valence-corrected chi connectivity index (χ0v) is 9.65. The van der Waals surface area contributed by atoms with E-state index in [1.54, 1.807) is 0 Å². The van der Waals surface area contributed by atoms with Crippen LogP contribution in [0.15, 0.2) is 0 Å². The lowest BCUT2D eigenvalue weighted by molar-refractivity contribution is -0.275. The van der Waals surface area contributed by atoms with E-state index < -0.39 is 0 Å². The van der Waals surface area contributed by atoms with E-state index in [0.29, 0.717) is 19.3 Å². The Hall–Kier alpha value is -0.160. The van der Waals surface area contributed by atoms with Gasteiger partial charge in [0, 0.05) is 6.04 Å². The second kappa shape index (κ2) is 5.25. The van der Waals surface area contributed by atoms with Crippen LogP contribution in [-0.4, -0.2) is 56.2 Å². The Morgan fingerprint density at radius 1 is 1.07 bits per heavy atom. The third kappa shape index (κ3) is 2.50. The molecule has 0 bridgehead atoms. The summed E-state index contributed by atoms with van der Waals surface area (Å²) < 4.78 is 16.9. The van der Waals surface area contributed by atoms with E-state index >= 15 is 0 Å². The third-order valence-corrected chi connectivity index (χ3v) is 3.29. The molecule has 2 saturated heterocycles. The van der Waals surface area contributed by atoms with Gasteiger partial charge in [-0.3, -0.25) is 4.90 Å². The molecule has 4 nitrogen and oxygen atoms in total. The van der Waals surface area contributed by atoms with Gasteiger partial charge >= 0.3 is 0 Å². The minimum absolute atomic E-state index is 0.120. The first kappa shape index (κ1) is 11.3. The Morgan fingerprint density at radius 3 is 2.53 bits per heavy atom. The van der Waals surface area contributed by atoms with Crippen LogP contribution in [0, 0.1) is 0 Å². The van der Waals surface area contributed by atoms with Crippen LogP contribution in [0.25, 0.3) is 0 Å². The van der Waals surface area contributed by atoms with Crippen LogP contribution in [0.2, 0.25) is 0 Å². The fraction of sp³-hybridized carbons (Fsp3) is 1.00. The lowest BCUT2D eigenvalue weighted by Crippen LogP contribution is -2.52. The maximum Gasteiger partial charge on any atom is 0.183 e. The van der Waals surface area contributed by atoms with Crippen LogP contribution < -0.4 is 0 Å². The summed E-state index contributed by atoms with van der Waals surface area (Å²) in [6.07, 6.45) is 1.05. The first-order valence-electron chi connectivity index (χ1n) is 5.94. The number of nitrogens with zero attached hydrogens (tertiary/aromatic N) is 1. The summed E-state index contributed by atoms with van der Waals surface area (Å²) in [4.78, 5) is 2.42. The predicted molar refractivity (Wildman–Crippen MR) is 56.8 cm³/mol. The van der Waals surface area contributed by atoms with Crippen molar-refractivity contribution in [3.05, 3.63) is 0 Å². The van der Waals surface area contributed by atoms with E-state index in [9.17, 15) is 0 Å². The molecule has 2 aliphatic rings. The number of fused-ring (bicyclic) bond motifs is 1. The van der Waals surface area contributed by atoms with Crippen LogP contribution in [0.4, 0.5) is 0 Å². The summed E-state index contributed by atoms with van der Waals surface area (Å²) >= 11 is 0. The van der Waals surface area contributed by atoms with Gasteiger partial charge in [-0.1, -0.05) is 13.8 Å². The average Bonchev–Trinajstić information content (AvgIpc) is 2.30. The molecule has 0 aromatic heterocycles. The molecule has 15 heavy (non-hydrogen) atoms. The zero-order chi connectivity index (χ0) is 10.7. The molecule has 88 valence electrons. The normalized spacial score (nSPS) is 36.6. The van der Waals surface area contributed by atoms with Gasteiger partial charge in [0.05, 0.1) is 19.8 Å². The second-order valence-electron chi connectivity index (χ2n) is 4.09. The Labute approximate surface area is 91.5 Å². The molecule has 2 aliphatic heterocycles.